The number of carbonyl (C=O) groups is 1. The van der Waals surface area contributed by atoms with E-state index in [9.17, 15) is 18.0 Å². The molecule has 1 N–H and O–H groups in total. The topological polar surface area (TPSA) is 103 Å². The van der Waals surface area contributed by atoms with Gasteiger partial charge in [-0.1, -0.05) is 44.9 Å². The lowest BCUT2D eigenvalue weighted by molar-refractivity contribution is -0.137. The fourth-order valence-corrected chi connectivity index (χ4v) is 4.86. The lowest BCUT2D eigenvalue weighted by Gasteiger charge is -2.23. The van der Waals surface area contributed by atoms with Crippen molar-refractivity contribution in [3.63, 3.8) is 0 Å². The Hall–Kier alpha value is -2.97. The molecule has 3 rings (SSSR count). The SMILES string of the molecule is CCc1cc(=O)oc2c(C)c(OC(=O)[C@@H](NS(=O)(=O)c3ccc(C)cc3)[C@@H](C)CC)ccc12. The Bertz CT molecular complexity index is 1330. The van der Waals surface area contributed by atoms with Crippen LogP contribution in [0.2, 0.25) is 0 Å². The van der Waals surface area contributed by atoms with Crippen LogP contribution in [0.5, 0.6) is 5.75 Å². The Kier molecular flexibility index (Phi) is 7.39. The molecule has 0 saturated carbocycles. The van der Waals surface area contributed by atoms with Gasteiger partial charge < -0.3 is 9.15 Å². The summed E-state index contributed by atoms with van der Waals surface area (Å²) < 4.78 is 39.3. The molecule has 0 amide bonds. The van der Waals surface area contributed by atoms with Crippen LogP contribution in [-0.4, -0.2) is 20.4 Å². The van der Waals surface area contributed by atoms with Gasteiger partial charge in [-0.15, -0.1) is 0 Å². The molecule has 0 radical (unpaired) electrons. The van der Waals surface area contributed by atoms with Crippen molar-refractivity contribution >= 4 is 27.0 Å². The Morgan fingerprint density at radius 2 is 1.76 bits per heavy atom. The zero-order valence-corrected chi connectivity index (χ0v) is 20.3. The lowest BCUT2D eigenvalue weighted by atomic mass is 10.0. The van der Waals surface area contributed by atoms with Crippen molar-refractivity contribution in [1.29, 1.82) is 0 Å². The van der Waals surface area contributed by atoms with Crippen LogP contribution >= 0.6 is 0 Å². The highest BCUT2D eigenvalue weighted by atomic mass is 32.2. The second-order valence-electron chi connectivity index (χ2n) is 8.23. The van der Waals surface area contributed by atoms with E-state index in [1.165, 1.54) is 18.2 Å². The molecule has 0 aliphatic rings. The van der Waals surface area contributed by atoms with Gasteiger partial charge in [0, 0.05) is 17.0 Å². The quantitative estimate of drug-likeness (QED) is 0.299. The molecular weight excluding hydrogens is 442 g/mol. The summed E-state index contributed by atoms with van der Waals surface area (Å²) in [5.74, 6) is -0.827. The molecule has 0 spiro atoms. The van der Waals surface area contributed by atoms with Gasteiger partial charge >= 0.3 is 11.6 Å². The highest BCUT2D eigenvalue weighted by Gasteiger charge is 2.32. The lowest BCUT2D eigenvalue weighted by Crippen LogP contribution is -2.47. The number of ether oxygens (including phenoxy) is 1. The standard InChI is InChI=1S/C25H29NO6S/c1-6-16(4)23(26-33(29,30)19-10-8-15(3)9-11-19)25(28)31-21-13-12-20-18(7-2)14-22(27)32-24(20)17(21)5/h8-14,16,23,26H,6-7H2,1-5H3/t16-,23-/m0/s1. The van der Waals surface area contributed by atoms with E-state index in [0.717, 1.165) is 16.5 Å². The molecule has 176 valence electrons. The first-order valence-corrected chi connectivity index (χ1v) is 12.4. The third-order valence-electron chi connectivity index (χ3n) is 5.87. The molecule has 0 fully saturated rings. The summed E-state index contributed by atoms with van der Waals surface area (Å²) in [7, 11) is -3.94. The predicted molar refractivity (Wildman–Crippen MR) is 127 cm³/mol. The Morgan fingerprint density at radius 3 is 2.36 bits per heavy atom. The van der Waals surface area contributed by atoms with Crippen LogP contribution in [0.15, 0.2) is 56.6 Å². The van der Waals surface area contributed by atoms with Gasteiger partial charge in [-0.2, -0.15) is 4.72 Å². The van der Waals surface area contributed by atoms with Crippen molar-refractivity contribution in [3.8, 4) is 5.75 Å². The second-order valence-corrected chi connectivity index (χ2v) is 9.94. The number of carbonyl (C=O) groups excluding carboxylic acids is 1. The maximum atomic E-state index is 13.1. The molecule has 2 aromatic carbocycles. The summed E-state index contributed by atoms with van der Waals surface area (Å²) in [5, 5.41) is 0.771. The van der Waals surface area contributed by atoms with E-state index in [0.29, 0.717) is 24.0 Å². The second kappa shape index (κ2) is 9.89. The molecule has 3 aromatic rings. The monoisotopic (exact) mass is 471 g/mol. The van der Waals surface area contributed by atoms with E-state index < -0.39 is 27.7 Å². The van der Waals surface area contributed by atoms with Crippen molar-refractivity contribution < 1.29 is 22.4 Å². The summed E-state index contributed by atoms with van der Waals surface area (Å²) >= 11 is 0. The summed E-state index contributed by atoms with van der Waals surface area (Å²) in [5.41, 5.74) is 2.14. The Morgan fingerprint density at radius 1 is 1.09 bits per heavy atom. The highest BCUT2D eigenvalue weighted by Crippen LogP contribution is 2.29. The van der Waals surface area contributed by atoms with Gasteiger partial charge in [0.25, 0.3) is 0 Å². The first kappa shape index (κ1) is 24.7. The molecule has 0 saturated heterocycles. The smallest absolute Gasteiger partial charge is 0.336 e. The number of benzene rings is 2. The van der Waals surface area contributed by atoms with E-state index in [1.54, 1.807) is 38.1 Å². The summed E-state index contributed by atoms with van der Waals surface area (Å²) in [6.45, 7) is 9.15. The van der Waals surface area contributed by atoms with Crippen molar-refractivity contribution in [1.82, 2.24) is 4.72 Å². The molecule has 7 nitrogen and oxygen atoms in total. The molecule has 1 aromatic heterocycles. The van der Waals surface area contributed by atoms with Crippen molar-refractivity contribution in [2.75, 3.05) is 0 Å². The number of nitrogens with one attached hydrogen (secondary N) is 1. The number of sulfonamides is 1. The molecule has 1 heterocycles. The Balaban J connectivity index is 1.93. The van der Waals surface area contributed by atoms with Gasteiger partial charge in [0.2, 0.25) is 10.0 Å². The van der Waals surface area contributed by atoms with Crippen molar-refractivity contribution in [2.45, 2.75) is 58.4 Å². The average molecular weight is 472 g/mol. The van der Waals surface area contributed by atoms with Crippen LogP contribution in [0.4, 0.5) is 0 Å². The number of fused-ring (bicyclic) bond motifs is 1. The molecule has 33 heavy (non-hydrogen) atoms. The van der Waals surface area contributed by atoms with E-state index in [2.05, 4.69) is 4.72 Å². The van der Waals surface area contributed by atoms with E-state index in [1.807, 2.05) is 20.8 Å². The van der Waals surface area contributed by atoms with Crippen LogP contribution < -0.4 is 15.1 Å². The van der Waals surface area contributed by atoms with Crippen LogP contribution in [0.1, 0.15) is 43.9 Å². The molecule has 0 unspecified atom stereocenters. The molecule has 2 atom stereocenters. The van der Waals surface area contributed by atoms with Gasteiger partial charge in [-0.3, -0.25) is 0 Å². The maximum absolute atomic E-state index is 13.1. The summed E-state index contributed by atoms with van der Waals surface area (Å²) in [6.07, 6.45) is 1.21. The van der Waals surface area contributed by atoms with Crippen molar-refractivity contribution in [2.24, 2.45) is 5.92 Å². The molecule has 0 aliphatic heterocycles. The first-order chi connectivity index (χ1) is 15.6. The highest BCUT2D eigenvalue weighted by molar-refractivity contribution is 7.89. The van der Waals surface area contributed by atoms with E-state index in [4.69, 9.17) is 9.15 Å². The molecule has 0 aliphatic carbocycles. The molecule has 8 heteroatoms. The largest absolute Gasteiger partial charge is 0.425 e. The summed E-state index contributed by atoms with van der Waals surface area (Å²) in [4.78, 5) is 25.1. The molecule has 0 bridgehead atoms. The van der Waals surface area contributed by atoms with Crippen molar-refractivity contribution in [3.05, 3.63) is 69.6 Å². The zero-order chi connectivity index (χ0) is 24.3. The number of rotatable bonds is 8. The van der Waals surface area contributed by atoms with Crippen LogP contribution in [0, 0.1) is 19.8 Å². The molecular formula is C25H29NO6S. The van der Waals surface area contributed by atoms with Gasteiger partial charge in [0.05, 0.1) is 4.90 Å². The minimum absolute atomic E-state index is 0.0740. The number of hydrogen-bond donors (Lipinski definition) is 1. The minimum atomic E-state index is -3.94. The van der Waals surface area contributed by atoms with Crippen LogP contribution in [0.25, 0.3) is 11.0 Å². The van der Waals surface area contributed by atoms with Gasteiger partial charge in [-0.05, 0) is 56.0 Å². The fraction of sp³-hybridized carbons (Fsp3) is 0.360. The normalized spacial score (nSPS) is 13.6. The summed E-state index contributed by atoms with van der Waals surface area (Å²) in [6, 6.07) is 10.1. The van der Waals surface area contributed by atoms with Crippen LogP contribution in [0.3, 0.4) is 0 Å². The maximum Gasteiger partial charge on any atom is 0.336 e. The number of hydrogen-bond acceptors (Lipinski definition) is 6. The van der Waals surface area contributed by atoms with Gasteiger partial charge in [0.15, 0.2) is 0 Å². The number of aryl methyl sites for hydroxylation is 3. The minimum Gasteiger partial charge on any atom is -0.425 e. The number of esters is 1. The predicted octanol–water partition coefficient (Wildman–Crippen LogP) is 4.27. The average Bonchev–Trinajstić information content (AvgIpc) is 2.78. The van der Waals surface area contributed by atoms with Gasteiger partial charge in [-0.25, -0.2) is 18.0 Å². The van der Waals surface area contributed by atoms with E-state index >= 15 is 0 Å². The van der Waals surface area contributed by atoms with E-state index in [-0.39, 0.29) is 16.6 Å². The Labute approximate surface area is 193 Å². The zero-order valence-electron chi connectivity index (χ0n) is 19.5. The van der Waals surface area contributed by atoms with Gasteiger partial charge in [0.1, 0.15) is 17.4 Å². The van der Waals surface area contributed by atoms with Crippen LogP contribution in [-0.2, 0) is 21.2 Å². The third kappa shape index (κ3) is 5.34. The first-order valence-electron chi connectivity index (χ1n) is 10.9. The third-order valence-corrected chi connectivity index (χ3v) is 7.33. The fourth-order valence-electron chi connectivity index (χ4n) is 3.57.